The first-order valence-electron chi connectivity index (χ1n) is 7.33. The minimum atomic E-state index is -0.0415. The highest BCUT2D eigenvalue weighted by Gasteiger charge is 2.20. The number of aromatic amines is 1. The molecular formula is C17H18BrN3O. The third-order valence-electron chi connectivity index (χ3n) is 3.99. The van der Waals surface area contributed by atoms with Crippen molar-refractivity contribution in [2.24, 2.45) is 0 Å². The van der Waals surface area contributed by atoms with Crippen LogP contribution in [0.25, 0.3) is 11.0 Å². The molecule has 2 heterocycles. The van der Waals surface area contributed by atoms with Crippen molar-refractivity contribution in [3.8, 4) is 0 Å². The minimum absolute atomic E-state index is 0.0415. The van der Waals surface area contributed by atoms with Gasteiger partial charge in [0.25, 0.3) is 0 Å². The molecule has 4 nitrogen and oxygen atoms in total. The van der Waals surface area contributed by atoms with Gasteiger partial charge < -0.3 is 10.3 Å². The number of H-pyrrole nitrogens is 1. The topological polar surface area (TPSA) is 57.8 Å². The number of hydrogen-bond donors (Lipinski definition) is 2. The van der Waals surface area contributed by atoms with Crippen molar-refractivity contribution in [2.45, 2.75) is 32.7 Å². The lowest BCUT2D eigenvalue weighted by Gasteiger charge is -2.14. The third kappa shape index (κ3) is 2.86. The number of halogens is 1. The highest BCUT2D eigenvalue weighted by atomic mass is 79.9. The molecule has 1 aliphatic carbocycles. The van der Waals surface area contributed by atoms with Gasteiger partial charge in [0.15, 0.2) is 0 Å². The quantitative estimate of drug-likeness (QED) is 0.865. The van der Waals surface area contributed by atoms with Crippen LogP contribution in [0, 0.1) is 0 Å². The van der Waals surface area contributed by atoms with Crippen LogP contribution in [-0.2, 0) is 0 Å². The van der Waals surface area contributed by atoms with Gasteiger partial charge in [-0.15, -0.1) is 0 Å². The number of fused-ring (bicyclic) bond motifs is 1. The molecule has 0 bridgehead atoms. The van der Waals surface area contributed by atoms with Crippen molar-refractivity contribution >= 4 is 32.7 Å². The normalized spacial score (nSPS) is 18.6. The summed E-state index contributed by atoms with van der Waals surface area (Å²) in [7, 11) is 0. The van der Waals surface area contributed by atoms with E-state index in [1.165, 1.54) is 11.1 Å². The van der Waals surface area contributed by atoms with E-state index in [9.17, 15) is 4.79 Å². The number of allylic oxidation sites excluding steroid dienone is 2. The second kappa shape index (κ2) is 6.08. The molecule has 2 N–H and O–H groups in total. The van der Waals surface area contributed by atoms with Crippen LogP contribution >= 0.6 is 15.9 Å². The summed E-state index contributed by atoms with van der Waals surface area (Å²) in [4.78, 5) is 19.5. The van der Waals surface area contributed by atoms with Crippen LogP contribution in [0.15, 0.2) is 51.0 Å². The van der Waals surface area contributed by atoms with E-state index in [0.29, 0.717) is 21.5 Å². The van der Waals surface area contributed by atoms with Gasteiger partial charge in [-0.3, -0.25) is 4.79 Å². The van der Waals surface area contributed by atoms with Crippen molar-refractivity contribution in [3.05, 3.63) is 56.5 Å². The van der Waals surface area contributed by atoms with Crippen LogP contribution in [-0.4, -0.2) is 16.0 Å². The van der Waals surface area contributed by atoms with Gasteiger partial charge in [0.2, 0.25) is 5.43 Å². The molecule has 22 heavy (non-hydrogen) atoms. The number of aromatic nitrogens is 2. The van der Waals surface area contributed by atoms with E-state index >= 15 is 0 Å². The number of pyridine rings is 2. The zero-order valence-electron chi connectivity index (χ0n) is 12.6. The standard InChI is InChI=1S/C17H18BrN3O/c1-3-4-11-6-12(5-10(11)2)21-13-7-14-16(22)15(18)9-20-17(14)19-8-13/h3-4,7-9,12,21H,5-6H2,1-2H3,(H,19,20,22)/b4-3-. The van der Waals surface area contributed by atoms with Crippen LogP contribution in [0.2, 0.25) is 0 Å². The SMILES string of the molecule is C/C=C\C1=C(C)CC(Nc2cnc3[nH]cc(Br)c(=O)c3c2)C1. The molecule has 0 saturated carbocycles. The molecule has 3 rings (SSSR count). The summed E-state index contributed by atoms with van der Waals surface area (Å²) in [6.07, 6.45) is 9.68. The Kier molecular flexibility index (Phi) is 4.16. The van der Waals surface area contributed by atoms with Gasteiger partial charge in [0, 0.05) is 12.2 Å². The first kappa shape index (κ1) is 15.0. The molecule has 0 aliphatic heterocycles. The molecule has 1 unspecified atom stereocenters. The molecule has 1 aliphatic rings. The average Bonchev–Trinajstić information content (AvgIpc) is 2.84. The second-order valence-corrected chi connectivity index (χ2v) is 6.50. The summed E-state index contributed by atoms with van der Waals surface area (Å²) in [5.41, 5.74) is 4.27. The Labute approximate surface area is 137 Å². The fourth-order valence-corrected chi connectivity index (χ4v) is 3.25. The van der Waals surface area contributed by atoms with Gasteiger partial charge in [0.05, 0.1) is 21.7 Å². The van der Waals surface area contributed by atoms with Crippen molar-refractivity contribution in [2.75, 3.05) is 5.32 Å². The van der Waals surface area contributed by atoms with Gasteiger partial charge in [-0.05, 0) is 54.3 Å². The van der Waals surface area contributed by atoms with Crippen LogP contribution in [0.3, 0.4) is 0 Å². The number of nitrogens with one attached hydrogen (secondary N) is 2. The maximum atomic E-state index is 12.2. The van der Waals surface area contributed by atoms with Gasteiger partial charge in [-0.1, -0.05) is 17.7 Å². The number of hydrogen-bond acceptors (Lipinski definition) is 3. The Morgan fingerprint density at radius 1 is 1.45 bits per heavy atom. The summed E-state index contributed by atoms with van der Waals surface area (Å²) < 4.78 is 0.521. The molecule has 0 saturated heterocycles. The Morgan fingerprint density at radius 2 is 2.27 bits per heavy atom. The van der Waals surface area contributed by atoms with Crippen LogP contribution in [0.5, 0.6) is 0 Å². The van der Waals surface area contributed by atoms with Crippen molar-refractivity contribution in [1.29, 1.82) is 0 Å². The zero-order valence-corrected chi connectivity index (χ0v) is 14.2. The summed E-state index contributed by atoms with van der Waals surface area (Å²) >= 11 is 3.26. The maximum absolute atomic E-state index is 12.2. The average molecular weight is 360 g/mol. The fourth-order valence-electron chi connectivity index (χ4n) is 2.92. The Balaban J connectivity index is 1.84. The van der Waals surface area contributed by atoms with Crippen LogP contribution in [0.4, 0.5) is 5.69 Å². The number of rotatable bonds is 3. The van der Waals surface area contributed by atoms with E-state index in [2.05, 4.69) is 50.3 Å². The lowest BCUT2D eigenvalue weighted by Crippen LogP contribution is -2.16. The second-order valence-electron chi connectivity index (χ2n) is 5.64. The largest absolute Gasteiger partial charge is 0.380 e. The van der Waals surface area contributed by atoms with Crippen LogP contribution < -0.4 is 10.7 Å². The number of nitrogens with zero attached hydrogens (tertiary/aromatic N) is 1. The molecule has 2 aromatic heterocycles. The molecular weight excluding hydrogens is 342 g/mol. The molecule has 0 radical (unpaired) electrons. The van der Waals surface area contributed by atoms with Crippen molar-refractivity contribution < 1.29 is 0 Å². The maximum Gasteiger partial charge on any atom is 0.205 e. The molecule has 5 heteroatoms. The Morgan fingerprint density at radius 3 is 3.05 bits per heavy atom. The monoisotopic (exact) mass is 359 g/mol. The molecule has 2 aromatic rings. The van der Waals surface area contributed by atoms with Gasteiger partial charge in [-0.2, -0.15) is 0 Å². The van der Waals surface area contributed by atoms with E-state index in [1.807, 2.05) is 13.0 Å². The van der Waals surface area contributed by atoms with Gasteiger partial charge in [0.1, 0.15) is 5.65 Å². The van der Waals surface area contributed by atoms with Gasteiger partial charge >= 0.3 is 0 Å². The summed E-state index contributed by atoms with van der Waals surface area (Å²) in [5.74, 6) is 0. The molecule has 1 atom stereocenters. The molecule has 0 aromatic carbocycles. The third-order valence-corrected chi connectivity index (χ3v) is 4.58. The molecule has 114 valence electrons. The van der Waals surface area contributed by atoms with E-state index in [-0.39, 0.29) is 5.43 Å². The molecule has 0 spiro atoms. The number of anilines is 1. The lowest BCUT2D eigenvalue weighted by atomic mass is 10.1. The first-order valence-corrected chi connectivity index (χ1v) is 8.12. The summed E-state index contributed by atoms with van der Waals surface area (Å²) in [5, 5.41) is 4.09. The van der Waals surface area contributed by atoms with E-state index < -0.39 is 0 Å². The predicted molar refractivity (Wildman–Crippen MR) is 94.2 cm³/mol. The van der Waals surface area contributed by atoms with E-state index in [0.717, 1.165) is 18.5 Å². The molecule has 0 amide bonds. The zero-order chi connectivity index (χ0) is 15.7. The van der Waals surface area contributed by atoms with Crippen molar-refractivity contribution in [3.63, 3.8) is 0 Å². The Hall–Kier alpha value is -1.88. The summed E-state index contributed by atoms with van der Waals surface area (Å²) in [6.45, 7) is 4.22. The lowest BCUT2D eigenvalue weighted by molar-refractivity contribution is 0.766. The first-order chi connectivity index (χ1) is 10.6. The smallest absolute Gasteiger partial charge is 0.205 e. The van der Waals surface area contributed by atoms with Crippen molar-refractivity contribution in [1.82, 2.24) is 9.97 Å². The molecule has 0 fully saturated rings. The van der Waals surface area contributed by atoms with Gasteiger partial charge in [-0.25, -0.2) is 4.98 Å². The fraction of sp³-hybridized carbons (Fsp3) is 0.294. The Bertz CT molecular complexity index is 835. The highest BCUT2D eigenvalue weighted by Crippen LogP contribution is 2.29. The highest BCUT2D eigenvalue weighted by molar-refractivity contribution is 9.10. The van der Waals surface area contributed by atoms with Crippen LogP contribution in [0.1, 0.15) is 26.7 Å². The summed E-state index contributed by atoms with van der Waals surface area (Å²) in [6, 6.07) is 2.23. The predicted octanol–water partition coefficient (Wildman–Crippen LogP) is 4.15. The minimum Gasteiger partial charge on any atom is -0.380 e. The van der Waals surface area contributed by atoms with E-state index in [4.69, 9.17) is 0 Å². The van der Waals surface area contributed by atoms with E-state index in [1.54, 1.807) is 12.4 Å².